The van der Waals surface area contributed by atoms with Crippen LogP contribution in [0.5, 0.6) is 0 Å². The molecule has 0 aliphatic heterocycles. The molecule has 29 heavy (non-hydrogen) atoms. The molecule has 152 valence electrons. The van der Waals surface area contributed by atoms with Crippen molar-refractivity contribution in [3.63, 3.8) is 0 Å². The molecule has 1 aliphatic rings. The van der Waals surface area contributed by atoms with Crippen LogP contribution in [0.25, 0.3) is 0 Å². The zero-order valence-electron chi connectivity index (χ0n) is 16.8. The molecule has 3 rings (SSSR count). The molecule has 1 N–H and O–H groups in total. The first-order valence-corrected chi connectivity index (χ1v) is 10.2. The second-order valence-corrected chi connectivity index (χ2v) is 7.47. The number of esters is 1. The predicted octanol–water partition coefficient (Wildman–Crippen LogP) is 3.95. The summed E-state index contributed by atoms with van der Waals surface area (Å²) in [7, 11) is 0. The number of Topliss-reactive ketones (excluding diaryl/α,β-unsaturated/α-hetero) is 1. The minimum atomic E-state index is -0.543. The molecular weight excluding hydrogens is 366 g/mol. The monoisotopic (exact) mass is 393 g/mol. The fourth-order valence-corrected chi connectivity index (χ4v) is 3.59. The van der Waals surface area contributed by atoms with Crippen molar-refractivity contribution in [2.45, 2.75) is 51.5 Å². The molecule has 0 unspecified atom stereocenters. The van der Waals surface area contributed by atoms with Gasteiger partial charge in [-0.15, -0.1) is 0 Å². The van der Waals surface area contributed by atoms with Crippen LogP contribution in [0.15, 0.2) is 48.5 Å². The van der Waals surface area contributed by atoms with Gasteiger partial charge in [0, 0.05) is 12.0 Å². The molecule has 5 nitrogen and oxygen atoms in total. The summed E-state index contributed by atoms with van der Waals surface area (Å²) in [6, 6.07) is 15.2. The van der Waals surface area contributed by atoms with Crippen molar-refractivity contribution >= 4 is 17.7 Å². The first kappa shape index (κ1) is 20.8. The van der Waals surface area contributed by atoms with Gasteiger partial charge in [0.1, 0.15) is 0 Å². The highest BCUT2D eigenvalue weighted by Crippen LogP contribution is 2.23. The average Bonchev–Trinajstić information content (AvgIpc) is 2.76. The number of rotatable bonds is 8. The molecule has 0 saturated heterocycles. The zero-order chi connectivity index (χ0) is 20.6. The minimum Gasteiger partial charge on any atom is -0.456 e. The third-order valence-corrected chi connectivity index (χ3v) is 5.27. The maximum absolute atomic E-state index is 12.4. The molecule has 5 heteroatoms. The fraction of sp³-hybridized carbons (Fsp3) is 0.375. The van der Waals surface area contributed by atoms with Crippen LogP contribution in [0.2, 0.25) is 0 Å². The van der Waals surface area contributed by atoms with Crippen molar-refractivity contribution in [2.75, 3.05) is 6.61 Å². The van der Waals surface area contributed by atoms with E-state index in [9.17, 15) is 14.4 Å². The van der Waals surface area contributed by atoms with E-state index in [2.05, 4.69) is 5.32 Å². The van der Waals surface area contributed by atoms with Gasteiger partial charge in [0.25, 0.3) is 5.91 Å². The number of fused-ring (bicyclic) bond motifs is 1. The summed E-state index contributed by atoms with van der Waals surface area (Å²) in [6.07, 6.45) is 4.49. The summed E-state index contributed by atoms with van der Waals surface area (Å²) in [5.74, 6) is -0.980. The lowest BCUT2D eigenvalue weighted by Gasteiger charge is -2.16. The van der Waals surface area contributed by atoms with Crippen LogP contribution >= 0.6 is 0 Å². The Kier molecular flexibility index (Phi) is 7.17. The second kappa shape index (κ2) is 10.0. The Balaban J connectivity index is 1.40. The van der Waals surface area contributed by atoms with Gasteiger partial charge in [-0.3, -0.25) is 14.4 Å². The fourth-order valence-electron chi connectivity index (χ4n) is 3.59. The van der Waals surface area contributed by atoms with E-state index in [4.69, 9.17) is 4.74 Å². The van der Waals surface area contributed by atoms with Gasteiger partial charge in [0.05, 0.1) is 12.5 Å². The molecule has 0 bridgehead atoms. The summed E-state index contributed by atoms with van der Waals surface area (Å²) in [6.45, 7) is 1.52. The van der Waals surface area contributed by atoms with Gasteiger partial charge in [-0.1, -0.05) is 42.5 Å². The van der Waals surface area contributed by atoms with E-state index in [1.165, 1.54) is 17.5 Å². The number of nitrogens with one attached hydrogen (secondary N) is 1. The van der Waals surface area contributed by atoms with Crippen molar-refractivity contribution < 1.29 is 19.1 Å². The molecular formula is C24H27NO4. The Morgan fingerprint density at radius 3 is 2.45 bits per heavy atom. The number of amides is 1. The third kappa shape index (κ3) is 6.01. The molecule has 0 radical (unpaired) electrons. The van der Waals surface area contributed by atoms with Crippen LogP contribution in [-0.4, -0.2) is 24.3 Å². The van der Waals surface area contributed by atoms with Crippen molar-refractivity contribution in [3.05, 3.63) is 70.8 Å². The van der Waals surface area contributed by atoms with E-state index in [0.29, 0.717) is 5.56 Å². The molecule has 2 aromatic carbocycles. The van der Waals surface area contributed by atoms with Crippen molar-refractivity contribution in [1.29, 1.82) is 0 Å². The Morgan fingerprint density at radius 1 is 0.966 bits per heavy atom. The number of ether oxygens (including phenoxy) is 1. The average molecular weight is 393 g/mol. The highest BCUT2D eigenvalue weighted by molar-refractivity contribution is 5.97. The standard InChI is InChI=1S/C24H27NO4/c1-17(18-7-3-2-4-8-18)25-23(27)16-29-24(28)14-13-22(26)21-12-11-19-9-5-6-10-20(19)15-21/h2-4,7-8,11-12,15,17H,5-6,9-10,13-14,16H2,1H3,(H,25,27)/t17-/m0/s1. The lowest BCUT2D eigenvalue weighted by atomic mass is 9.89. The van der Waals surface area contributed by atoms with Crippen molar-refractivity contribution in [2.24, 2.45) is 0 Å². The highest BCUT2D eigenvalue weighted by atomic mass is 16.5. The van der Waals surface area contributed by atoms with Crippen LogP contribution in [0.4, 0.5) is 0 Å². The largest absolute Gasteiger partial charge is 0.456 e. The highest BCUT2D eigenvalue weighted by Gasteiger charge is 2.16. The maximum Gasteiger partial charge on any atom is 0.306 e. The van der Waals surface area contributed by atoms with E-state index < -0.39 is 5.97 Å². The van der Waals surface area contributed by atoms with Gasteiger partial charge >= 0.3 is 5.97 Å². The number of carbonyl (C=O) groups excluding carboxylic acids is 3. The molecule has 1 atom stereocenters. The summed E-state index contributed by atoms with van der Waals surface area (Å²) in [5.41, 5.74) is 4.19. The topological polar surface area (TPSA) is 72.5 Å². The first-order chi connectivity index (χ1) is 14.0. The van der Waals surface area contributed by atoms with Gasteiger partial charge in [0.2, 0.25) is 0 Å². The smallest absolute Gasteiger partial charge is 0.306 e. The molecule has 1 amide bonds. The van der Waals surface area contributed by atoms with Crippen LogP contribution in [-0.2, 0) is 27.2 Å². The van der Waals surface area contributed by atoms with Crippen LogP contribution in [0.3, 0.4) is 0 Å². The van der Waals surface area contributed by atoms with Gasteiger partial charge < -0.3 is 10.1 Å². The summed E-state index contributed by atoms with van der Waals surface area (Å²) >= 11 is 0. The SMILES string of the molecule is C[C@H](NC(=O)COC(=O)CCC(=O)c1ccc2c(c1)CCCC2)c1ccccc1. The number of ketones is 1. The normalized spacial score (nSPS) is 13.8. The zero-order valence-corrected chi connectivity index (χ0v) is 16.8. The lowest BCUT2D eigenvalue weighted by molar-refractivity contribution is -0.148. The van der Waals surface area contributed by atoms with E-state index >= 15 is 0 Å². The molecule has 0 saturated carbocycles. The maximum atomic E-state index is 12.4. The predicted molar refractivity (Wildman–Crippen MR) is 111 cm³/mol. The summed E-state index contributed by atoms with van der Waals surface area (Å²) in [4.78, 5) is 36.3. The van der Waals surface area contributed by atoms with Gasteiger partial charge in [0.15, 0.2) is 12.4 Å². The molecule has 1 aliphatic carbocycles. The van der Waals surface area contributed by atoms with Gasteiger partial charge in [-0.2, -0.15) is 0 Å². The third-order valence-electron chi connectivity index (χ3n) is 5.27. The van der Waals surface area contributed by atoms with Crippen molar-refractivity contribution in [1.82, 2.24) is 5.32 Å². The van der Waals surface area contributed by atoms with Gasteiger partial charge in [-0.05, 0) is 55.4 Å². The van der Waals surface area contributed by atoms with E-state index in [1.54, 1.807) is 0 Å². The lowest BCUT2D eigenvalue weighted by Crippen LogP contribution is -2.31. The molecule has 0 aromatic heterocycles. The quantitative estimate of drug-likeness (QED) is 0.544. The Bertz CT molecular complexity index is 876. The molecule has 0 heterocycles. The second-order valence-electron chi connectivity index (χ2n) is 7.47. The van der Waals surface area contributed by atoms with Crippen LogP contribution < -0.4 is 5.32 Å². The molecule has 0 fully saturated rings. The Morgan fingerprint density at radius 2 is 1.69 bits per heavy atom. The number of hydrogen-bond acceptors (Lipinski definition) is 4. The summed E-state index contributed by atoms with van der Waals surface area (Å²) in [5, 5.41) is 2.79. The number of aryl methyl sites for hydroxylation is 2. The van der Waals surface area contributed by atoms with E-state index in [0.717, 1.165) is 24.8 Å². The van der Waals surface area contributed by atoms with E-state index in [1.807, 2.05) is 55.5 Å². The number of benzene rings is 2. The van der Waals surface area contributed by atoms with E-state index in [-0.39, 0.29) is 37.2 Å². The van der Waals surface area contributed by atoms with Gasteiger partial charge in [-0.25, -0.2) is 0 Å². The van der Waals surface area contributed by atoms with Crippen LogP contribution in [0.1, 0.15) is 65.7 Å². The first-order valence-electron chi connectivity index (χ1n) is 10.2. The number of carbonyl (C=O) groups is 3. The van der Waals surface area contributed by atoms with Crippen molar-refractivity contribution in [3.8, 4) is 0 Å². The Hall–Kier alpha value is -2.95. The molecule has 2 aromatic rings. The minimum absolute atomic E-state index is 0.0303. The van der Waals surface area contributed by atoms with Crippen LogP contribution in [0, 0.1) is 0 Å². The number of hydrogen-bond donors (Lipinski definition) is 1. The summed E-state index contributed by atoms with van der Waals surface area (Å²) < 4.78 is 5.01. The Labute approximate surface area is 171 Å². The molecule has 0 spiro atoms.